The summed E-state index contributed by atoms with van der Waals surface area (Å²) in [6.07, 6.45) is 5.63. The molecule has 18 heavy (non-hydrogen) atoms. The first-order valence-corrected chi connectivity index (χ1v) is 7.41. The summed E-state index contributed by atoms with van der Waals surface area (Å²) in [5.74, 6) is 4.77. The molecular weight excluding hydrogens is 222 g/mol. The van der Waals surface area contributed by atoms with E-state index in [1.54, 1.807) is 0 Å². The summed E-state index contributed by atoms with van der Waals surface area (Å²) < 4.78 is 5.56. The third-order valence-corrected chi connectivity index (χ3v) is 4.36. The smallest absolute Gasteiger partial charge is 0.117 e. The van der Waals surface area contributed by atoms with E-state index in [-0.39, 0.29) is 0 Å². The molecule has 1 saturated carbocycles. The molecule has 0 unspecified atom stereocenters. The third kappa shape index (κ3) is 3.88. The van der Waals surface area contributed by atoms with Crippen LogP contribution in [-0.4, -0.2) is 6.54 Å². The topological polar surface area (TPSA) is 25.2 Å². The molecule has 1 heterocycles. The van der Waals surface area contributed by atoms with Crippen molar-refractivity contribution in [2.24, 2.45) is 17.8 Å². The number of furan rings is 1. The lowest BCUT2D eigenvalue weighted by Crippen LogP contribution is -2.27. The summed E-state index contributed by atoms with van der Waals surface area (Å²) in [6.45, 7) is 8.74. The first-order valence-electron chi connectivity index (χ1n) is 7.41. The van der Waals surface area contributed by atoms with Crippen LogP contribution in [0.5, 0.6) is 0 Å². The molecule has 1 aromatic rings. The van der Waals surface area contributed by atoms with E-state index in [4.69, 9.17) is 4.42 Å². The largest absolute Gasteiger partial charge is 0.465 e. The van der Waals surface area contributed by atoms with Gasteiger partial charge in [0, 0.05) is 0 Å². The Balaban J connectivity index is 1.63. The Morgan fingerprint density at radius 1 is 1.22 bits per heavy atom. The van der Waals surface area contributed by atoms with E-state index < -0.39 is 0 Å². The highest BCUT2D eigenvalue weighted by Gasteiger charge is 2.22. The van der Waals surface area contributed by atoms with Gasteiger partial charge in [0.25, 0.3) is 0 Å². The minimum absolute atomic E-state index is 0.866. The molecule has 2 nitrogen and oxygen atoms in total. The van der Waals surface area contributed by atoms with Crippen molar-refractivity contribution in [2.45, 2.75) is 53.0 Å². The van der Waals surface area contributed by atoms with Gasteiger partial charge >= 0.3 is 0 Å². The number of hydrogen-bond donors (Lipinski definition) is 1. The molecule has 0 spiro atoms. The van der Waals surface area contributed by atoms with E-state index in [9.17, 15) is 0 Å². The zero-order valence-electron chi connectivity index (χ0n) is 12.0. The molecule has 1 fully saturated rings. The fourth-order valence-corrected chi connectivity index (χ4v) is 3.04. The highest BCUT2D eigenvalue weighted by Crippen LogP contribution is 2.32. The summed E-state index contributed by atoms with van der Waals surface area (Å²) >= 11 is 0. The second-order valence-corrected chi connectivity index (χ2v) is 6.17. The van der Waals surface area contributed by atoms with Crippen LogP contribution in [0.2, 0.25) is 0 Å². The van der Waals surface area contributed by atoms with E-state index in [1.165, 1.54) is 25.7 Å². The molecule has 1 aliphatic rings. The van der Waals surface area contributed by atoms with Crippen molar-refractivity contribution < 1.29 is 4.42 Å². The molecule has 102 valence electrons. The normalized spacial score (nSPS) is 24.7. The molecule has 0 bridgehead atoms. The van der Waals surface area contributed by atoms with Crippen molar-refractivity contribution in [1.29, 1.82) is 0 Å². The summed E-state index contributed by atoms with van der Waals surface area (Å²) in [6, 6.07) is 4.10. The van der Waals surface area contributed by atoms with Gasteiger partial charge in [-0.1, -0.05) is 13.8 Å². The van der Waals surface area contributed by atoms with Crippen molar-refractivity contribution in [3.8, 4) is 0 Å². The maximum atomic E-state index is 5.56. The van der Waals surface area contributed by atoms with Gasteiger partial charge in [-0.3, -0.25) is 0 Å². The number of hydrogen-bond acceptors (Lipinski definition) is 2. The Bertz CT molecular complexity index is 348. The van der Waals surface area contributed by atoms with Crippen LogP contribution < -0.4 is 5.32 Å². The molecule has 1 aliphatic carbocycles. The standard InChI is InChI=1S/C16H27NO/c1-12(2)15-7-5-14(6-8-15)10-17-11-16-9-4-13(3)18-16/h4,9,12,14-15,17H,5-8,10-11H2,1-3H3/t14-,15-. The Morgan fingerprint density at radius 3 is 2.50 bits per heavy atom. The van der Waals surface area contributed by atoms with Gasteiger partial charge in [0.2, 0.25) is 0 Å². The molecule has 0 aromatic carbocycles. The fourth-order valence-electron chi connectivity index (χ4n) is 3.04. The Kier molecular flexibility index (Phi) is 4.87. The third-order valence-electron chi connectivity index (χ3n) is 4.36. The Hall–Kier alpha value is -0.760. The maximum absolute atomic E-state index is 5.56. The maximum Gasteiger partial charge on any atom is 0.117 e. The van der Waals surface area contributed by atoms with E-state index >= 15 is 0 Å². The van der Waals surface area contributed by atoms with Crippen molar-refractivity contribution in [1.82, 2.24) is 5.32 Å². The van der Waals surface area contributed by atoms with Crippen LogP contribution in [0.15, 0.2) is 16.5 Å². The number of aryl methyl sites for hydroxylation is 1. The van der Waals surface area contributed by atoms with Gasteiger partial charge in [-0.25, -0.2) is 0 Å². The van der Waals surface area contributed by atoms with Gasteiger partial charge in [-0.05, 0) is 69.0 Å². The SMILES string of the molecule is Cc1ccc(CNC[C@H]2CC[C@H](C(C)C)CC2)o1. The summed E-state index contributed by atoms with van der Waals surface area (Å²) in [4.78, 5) is 0. The summed E-state index contributed by atoms with van der Waals surface area (Å²) in [5.41, 5.74) is 0. The Morgan fingerprint density at radius 2 is 1.94 bits per heavy atom. The van der Waals surface area contributed by atoms with E-state index in [1.807, 2.05) is 13.0 Å². The van der Waals surface area contributed by atoms with Crippen LogP contribution in [0.25, 0.3) is 0 Å². The molecule has 0 atom stereocenters. The minimum Gasteiger partial charge on any atom is -0.465 e. The van der Waals surface area contributed by atoms with Crippen molar-refractivity contribution in [2.75, 3.05) is 6.54 Å². The van der Waals surface area contributed by atoms with E-state index in [0.717, 1.165) is 42.4 Å². The second-order valence-electron chi connectivity index (χ2n) is 6.17. The molecule has 0 amide bonds. The first kappa shape index (κ1) is 13.7. The molecule has 2 rings (SSSR count). The second kappa shape index (κ2) is 6.42. The Labute approximate surface area is 111 Å². The quantitative estimate of drug-likeness (QED) is 0.848. The van der Waals surface area contributed by atoms with Crippen LogP contribution in [0.1, 0.15) is 51.1 Å². The summed E-state index contributed by atoms with van der Waals surface area (Å²) in [7, 11) is 0. The molecule has 0 aliphatic heterocycles. The van der Waals surface area contributed by atoms with Gasteiger partial charge in [0.1, 0.15) is 11.5 Å². The zero-order chi connectivity index (χ0) is 13.0. The highest BCUT2D eigenvalue weighted by atomic mass is 16.3. The molecule has 1 N–H and O–H groups in total. The van der Waals surface area contributed by atoms with Gasteiger partial charge in [0.15, 0.2) is 0 Å². The molecule has 0 radical (unpaired) electrons. The molecule has 0 saturated heterocycles. The van der Waals surface area contributed by atoms with Crippen molar-refractivity contribution in [3.05, 3.63) is 23.7 Å². The summed E-state index contributed by atoms with van der Waals surface area (Å²) in [5, 5.41) is 3.54. The van der Waals surface area contributed by atoms with Crippen LogP contribution in [-0.2, 0) is 6.54 Å². The zero-order valence-corrected chi connectivity index (χ0v) is 12.0. The fraction of sp³-hybridized carbons (Fsp3) is 0.750. The molecule has 1 aromatic heterocycles. The van der Waals surface area contributed by atoms with Crippen LogP contribution in [0.4, 0.5) is 0 Å². The lowest BCUT2D eigenvalue weighted by atomic mass is 9.77. The number of nitrogens with one attached hydrogen (secondary N) is 1. The highest BCUT2D eigenvalue weighted by molar-refractivity contribution is 5.05. The average Bonchev–Trinajstić information content (AvgIpc) is 2.76. The van der Waals surface area contributed by atoms with Crippen molar-refractivity contribution >= 4 is 0 Å². The first-order chi connectivity index (χ1) is 8.65. The van der Waals surface area contributed by atoms with Gasteiger partial charge < -0.3 is 9.73 Å². The molecule has 2 heteroatoms. The lowest BCUT2D eigenvalue weighted by molar-refractivity contribution is 0.219. The predicted molar refractivity (Wildman–Crippen MR) is 75.4 cm³/mol. The van der Waals surface area contributed by atoms with Gasteiger partial charge in [0.05, 0.1) is 6.54 Å². The van der Waals surface area contributed by atoms with Gasteiger partial charge in [-0.15, -0.1) is 0 Å². The van der Waals surface area contributed by atoms with E-state index in [0.29, 0.717) is 0 Å². The average molecular weight is 249 g/mol. The minimum atomic E-state index is 0.866. The monoisotopic (exact) mass is 249 g/mol. The van der Waals surface area contributed by atoms with Crippen LogP contribution in [0.3, 0.4) is 0 Å². The number of rotatable bonds is 5. The van der Waals surface area contributed by atoms with E-state index in [2.05, 4.69) is 25.2 Å². The molecular formula is C16H27NO. The van der Waals surface area contributed by atoms with Gasteiger partial charge in [-0.2, -0.15) is 0 Å². The van der Waals surface area contributed by atoms with Crippen LogP contribution in [0, 0.1) is 24.7 Å². The van der Waals surface area contributed by atoms with Crippen molar-refractivity contribution in [3.63, 3.8) is 0 Å². The lowest BCUT2D eigenvalue weighted by Gasteiger charge is -2.30. The van der Waals surface area contributed by atoms with Crippen LogP contribution >= 0.6 is 0 Å². The predicted octanol–water partition coefficient (Wildman–Crippen LogP) is 4.14.